The first-order chi connectivity index (χ1) is 36.8. The van der Waals surface area contributed by atoms with E-state index in [2.05, 4.69) is 0 Å². The van der Waals surface area contributed by atoms with Gasteiger partial charge in [0.15, 0.2) is 5.78 Å². The molecule has 1 aliphatic carbocycles. The van der Waals surface area contributed by atoms with E-state index in [4.69, 9.17) is 28.4 Å². The van der Waals surface area contributed by atoms with Crippen molar-refractivity contribution in [2.75, 3.05) is 61.1 Å². The van der Waals surface area contributed by atoms with Gasteiger partial charge in [0, 0.05) is 84.6 Å². The fourth-order valence-electron chi connectivity index (χ4n) is 11.6. The van der Waals surface area contributed by atoms with E-state index in [-0.39, 0.29) is 62.3 Å². The van der Waals surface area contributed by atoms with E-state index in [1.807, 2.05) is 67.8 Å². The number of rotatable bonds is 9. The van der Waals surface area contributed by atoms with Gasteiger partial charge in [-0.05, 0) is 114 Å². The molecule has 0 aromatic heterocycles. The summed E-state index contributed by atoms with van der Waals surface area (Å²) in [6, 6.07) is -1.22. The third-order valence-electron chi connectivity index (χ3n) is 16.7. The molecule has 3 saturated heterocycles. The Morgan fingerprint density at radius 1 is 0.846 bits per heavy atom. The number of fused-ring (bicyclic) bond motifs is 3. The lowest BCUT2D eigenvalue weighted by molar-refractivity contribution is -0.265. The minimum absolute atomic E-state index is 0.0149. The van der Waals surface area contributed by atoms with E-state index in [9.17, 15) is 47.4 Å². The molecule has 15 atom stereocenters. The molecular formula is C57H90N4O16S. The molecule has 1 saturated carbocycles. The normalized spacial score (nSPS) is 37.4. The number of carbonyl (C=O) groups excluding carboxylic acids is 6. The van der Waals surface area contributed by atoms with Crippen molar-refractivity contribution < 1.29 is 75.8 Å². The van der Waals surface area contributed by atoms with E-state index in [1.54, 1.807) is 40.9 Å². The Kier molecular flexibility index (Phi) is 24.4. The number of hydrogen-bond donors (Lipinski definition) is 3. The fourth-order valence-corrected chi connectivity index (χ4v) is 12.6. The molecule has 0 unspecified atom stereocenters. The summed E-state index contributed by atoms with van der Waals surface area (Å²) in [7, 11) is 2.14. The van der Waals surface area contributed by atoms with Gasteiger partial charge in [0.25, 0.3) is 11.7 Å². The second kappa shape index (κ2) is 29.5. The molecule has 0 radical (unpaired) electrons. The number of allylic oxidation sites excluding steroid dienone is 6. The second-order valence-corrected chi connectivity index (χ2v) is 24.4. The molecule has 2 amide bonds. The van der Waals surface area contributed by atoms with Crippen LogP contribution in [-0.4, -0.2) is 184 Å². The van der Waals surface area contributed by atoms with Gasteiger partial charge < -0.3 is 48.4 Å². The quantitative estimate of drug-likeness (QED) is 0.148. The van der Waals surface area contributed by atoms with E-state index < -0.39 is 112 Å². The van der Waals surface area contributed by atoms with Gasteiger partial charge in [0.2, 0.25) is 5.79 Å². The van der Waals surface area contributed by atoms with Crippen molar-refractivity contribution in [2.24, 2.45) is 35.5 Å². The highest BCUT2D eigenvalue weighted by Gasteiger charge is 2.53. The molecule has 20 nitrogen and oxygen atoms in total. The number of nitrogens with one attached hydrogen (secondary N) is 1. The van der Waals surface area contributed by atoms with Gasteiger partial charge in [0.05, 0.1) is 18.3 Å². The van der Waals surface area contributed by atoms with Gasteiger partial charge in [0.1, 0.15) is 36.2 Å². The van der Waals surface area contributed by atoms with Crippen LogP contribution >= 0.6 is 0 Å². The van der Waals surface area contributed by atoms with Crippen LogP contribution in [0.2, 0.25) is 0 Å². The molecule has 78 heavy (non-hydrogen) atoms. The Morgan fingerprint density at radius 2 is 1.55 bits per heavy atom. The van der Waals surface area contributed by atoms with Crippen LogP contribution in [0.25, 0.3) is 0 Å². The summed E-state index contributed by atoms with van der Waals surface area (Å²) in [6.07, 6.45) is 8.03. The predicted molar refractivity (Wildman–Crippen MR) is 291 cm³/mol. The number of likely N-dealkylation sites (N-methyl/N-ethyl adjacent to an activating group) is 1. The molecule has 4 heterocycles. The Morgan fingerprint density at radius 3 is 2.22 bits per heavy atom. The summed E-state index contributed by atoms with van der Waals surface area (Å²) in [5.74, 6) is -8.82. The number of cyclic esters (lactones) is 1. The molecule has 0 spiro atoms. The number of aliphatic hydroxyl groups is 2. The maximum atomic E-state index is 14.6. The standard InChI is InChI=1S/C57H90N4O16S/c1-35-17-13-12-14-18-36(2)47(72-9)33-43-22-20-41(7)57(69,77-43)53(65)54(66)61-24-16-15-19-44(61)55(67)75-48(34-45(62)37(3)30-40(6)51(64)52(74-11)50(63)39(5)29-35)38(4)31-42-21-23-46(49(32-42)73-10)76-56(68)58-78(70,71)60-27-25-59(8)26-28-60/h12-14,17-18,30,35,37-39,41-44,46-49,51-52,64,69H,15-16,19-29,31-34H2,1-11H3,(H,58,68)/b14-12+,17-13+,36-18+,40-30+/t35-,37-,38-,39-,41-,42+,43+,44+,46-,47+,48+,49-,51-,52+,57-/m1/s1. The molecule has 440 valence electrons. The number of Topliss-reactive ketones (excluding diaryl/α,β-unsaturated/α-hetero) is 3. The van der Waals surface area contributed by atoms with Gasteiger partial charge >= 0.3 is 22.3 Å². The van der Waals surface area contributed by atoms with Crippen molar-refractivity contribution in [1.82, 2.24) is 18.8 Å². The topological polar surface area (TPSA) is 254 Å². The highest BCUT2D eigenvalue weighted by molar-refractivity contribution is 7.87. The summed E-state index contributed by atoms with van der Waals surface area (Å²) < 4.78 is 64.6. The van der Waals surface area contributed by atoms with Crippen LogP contribution in [0.4, 0.5) is 4.79 Å². The van der Waals surface area contributed by atoms with E-state index in [0.717, 1.165) is 10.5 Å². The number of hydrogen-bond acceptors (Lipinski definition) is 17. The number of methoxy groups -OCH3 is 3. The number of esters is 1. The molecule has 2 bridgehead atoms. The number of piperidine rings is 1. The third kappa shape index (κ3) is 17.2. The monoisotopic (exact) mass is 1120 g/mol. The largest absolute Gasteiger partial charge is 0.460 e. The van der Waals surface area contributed by atoms with Gasteiger partial charge in [-0.2, -0.15) is 12.7 Å². The molecule has 21 heteroatoms. The highest BCUT2D eigenvalue weighted by Crippen LogP contribution is 2.38. The van der Waals surface area contributed by atoms with Crippen molar-refractivity contribution in [2.45, 2.75) is 180 Å². The minimum atomic E-state index is -4.14. The van der Waals surface area contributed by atoms with E-state index >= 15 is 0 Å². The molecule has 5 rings (SSSR count). The van der Waals surface area contributed by atoms with Gasteiger partial charge in [-0.15, -0.1) is 0 Å². The zero-order valence-electron chi connectivity index (χ0n) is 47.9. The van der Waals surface area contributed by atoms with Crippen LogP contribution in [0, 0.1) is 35.5 Å². The molecule has 4 fully saturated rings. The molecule has 0 aromatic carbocycles. The van der Waals surface area contributed by atoms with Gasteiger partial charge in [-0.25, -0.2) is 14.3 Å². The fraction of sp³-hybridized carbons (Fsp3) is 0.754. The summed E-state index contributed by atoms with van der Waals surface area (Å²) in [4.78, 5) is 87.7. The lowest BCUT2D eigenvalue weighted by Crippen LogP contribution is -2.61. The first-order valence-corrected chi connectivity index (χ1v) is 29.4. The van der Waals surface area contributed by atoms with Crippen LogP contribution in [0.1, 0.15) is 126 Å². The molecule has 5 aliphatic rings. The number of nitrogens with zero attached hydrogens (tertiary/aromatic N) is 3. The van der Waals surface area contributed by atoms with Crippen molar-refractivity contribution in [3.8, 4) is 0 Å². The zero-order valence-corrected chi connectivity index (χ0v) is 48.7. The molecule has 0 aromatic rings. The van der Waals surface area contributed by atoms with Crippen LogP contribution < -0.4 is 4.72 Å². The summed E-state index contributed by atoms with van der Waals surface area (Å²) in [5.41, 5.74) is 1.20. The number of piperazine rings is 1. The van der Waals surface area contributed by atoms with Gasteiger partial charge in [-0.3, -0.25) is 19.2 Å². The van der Waals surface area contributed by atoms with Crippen LogP contribution in [0.5, 0.6) is 0 Å². The Bertz CT molecular complexity index is 2320. The van der Waals surface area contributed by atoms with Crippen molar-refractivity contribution >= 4 is 45.5 Å². The van der Waals surface area contributed by atoms with Crippen LogP contribution in [0.3, 0.4) is 0 Å². The Hall–Kier alpha value is -4.19. The average molecular weight is 1120 g/mol. The number of ether oxygens (including phenoxy) is 6. The smallest absolute Gasteiger partial charge is 0.422 e. The first kappa shape index (κ1) is 64.6. The highest BCUT2D eigenvalue weighted by atomic mass is 32.2. The van der Waals surface area contributed by atoms with E-state index in [0.29, 0.717) is 76.5 Å². The Labute approximate surface area is 462 Å². The first-order valence-electron chi connectivity index (χ1n) is 28.0. The number of amides is 2. The maximum absolute atomic E-state index is 14.6. The predicted octanol–water partition coefficient (Wildman–Crippen LogP) is 5.41. The van der Waals surface area contributed by atoms with Gasteiger partial charge in [-0.1, -0.05) is 71.1 Å². The number of carbonyl (C=O) groups is 6. The lowest BCUT2D eigenvalue weighted by Gasteiger charge is -2.42. The third-order valence-corrected chi connectivity index (χ3v) is 18.2. The molecule has 3 N–H and O–H groups in total. The molecule has 4 aliphatic heterocycles. The van der Waals surface area contributed by atoms with Crippen molar-refractivity contribution in [3.05, 3.63) is 47.6 Å². The lowest BCUT2D eigenvalue weighted by atomic mass is 9.78. The zero-order chi connectivity index (χ0) is 57.6. The van der Waals surface area contributed by atoms with Crippen molar-refractivity contribution in [1.29, 1.82) is 0 Å². The summed E-state index contributed by atoms with van der Waals surface area (Å²) >= 11 is 0. The Balaban J connectivity index is 1.41. The van der Waals surface area contributed by atoms with Crippen LogP contribution in [-0.2, 0) is 62.6 Å². The van der Waals surface area contributed by atoms with Crippen molar-refractivity contribution in [3.63, 3.8) is 0 Å². The summed E-state index contributed by atoms with van der Waals surface area (Å²) in [5, 5.41) is 23.6. The second-order valence-electron chi connectivity index (χ2n) is 22.8. The van der Waals surface area contributed by atoms with Crippen LogP contribution in [0.15, 0.2) is 47.6 Å². The SMILES string of the molecule is CO[C@H]1C[C@@H]2CC[C@@H](C)[C@@](O)(O2)C(=O)C(=O)N2CCCC[C@H]2C(=O)O[C@H]([C@H](C)C[C@@H]2CC[C@@H](OC(=O)NS(=O)(=O)N3CCN(C)CC3)[C@H](OC)C2)CC(=O)[C@H](C)/C=C(\C)[C@@H](O)[C@@H](OC)C(=O)[C@H](C)C[C@H](C)/C=C/C=C/C=C/1C. The minimum Gasteiger partial charge on any atom is -0.460 e. The average Bonchev–Trinajstić information content (AvgIpc) is 3.43. The number of aliphatic hydroxyl groups excluding tert-OH is 1. The van der Waals surface area contributed by atoms with E-state index in [1.165, 1.54) is 18.5 Å². The summed E-state index contributed by atoms with van der Waals surface area (Å²) in [6.45, 7) is 14.0. The molecular weight excluding hydrogens is 1030 g/mol. The maximum Gasteiger partial charge on any atom is 0.422 e. The number of ketones is 3.